The lowest BCUT2D eigenvalue weighted by atomic mass is 9.95. The number of fused-ring (bicyclic) bond motifs is 1. The van der Waals surface area contributed by atoms with Gasteiger partial charge in [-0.25, -0.2) is 4.39 Å². The van der Waals surface area contributed by atoms with E-state index in [2.05, 4.69) is 0 Å². The maximum absolute atomic E-state index is 13.9. The molecule has 1 unspecified atom stereocenters. The molecule has 1 aromatic rings. The van der Waals surface area contributed by atoms with Crippen LogP contribution in [0.2, 0.25) is 0 Å². The quantitative estimate of drug-likeness (QED) is 0.501. The molecular weight excluding hydrogens is 181 g/mol. The molecule has 2 rings (SSSR count). The highest BCUT2D eigenvalue weighted by atomic mass is 19.1. The summed E-state index contributed by atoms with van der Waals surface area (Å²) < 4.78 is 13.9. The Kier molecular flexibility index (Phi) is 2.02. The first-order chi connectivity index (χ1) is 6.67. The van der Waals surface area contributed by atoms with Gasteiger partial charge in [-0.1, -0.05) is 18.2 Å². The second-order valence-corrected chi connectivity index (χ2v) is 3.62. The molecule has 1 aromatic carbocycles. The van der Waals surface area contributed by atoms with Crippen molar-refractivity contribution < 1.29 is 9.18 Å². The van der Waals surface area contributed by atoms with E-state index in [1.54, 1.807) is 7.05 Å². The van der Waals surface area contributed by atoms with Crippen LogP contribution in [-0.2, 0) is 11.2 Å². The van der Waals surface area contributed by atoms with Gasteiger partial charge in [0.2, 0.25) is 5.79 Å². The van der Waals surface area contributed by atoms with E-state index in [9.17, 15) is 9.18 Å². The number of likely N-dealkylation sites (N-methyl/N-ethyl adjacent to an activating group) is 1. The predicted molar refractivity (Wildman–Crippen MR) is 53.1 cm³/mol. The van der Waals surface area contributed by atoms with Crippen molar-refractivity contribution in [3.63, 3.8) is 0 Å². The number of hydrogen-bond donors (Lipinski definition) is 0. The first kappa shape index (κ1) is 9.19. The monoisotopic (exact) mass is 193 g/mol. The van der Waals surface area contributed by atoms with E-state index in [0.717, 1.165) is 11.3 Å². The Morgan fingerprint density at radius 3 is 2.93 bits per heavy atom. The first-order valence-electron chi connectivity index (χ1n) is 4.64. The van der Waals surface area contributed by atoms with Crippen LogP contribution in [0.15, 0.2) is 24.3 Å². The Balaban J connectivity index is 2.46. The zero-order valence-corrected chi connectivity index (χ0v) is 8.03. The van der Waals surface area contributed by atoms with Gasteiger partial charge < -0.3 is 4.90 Å². The highest BCUT2D eigenvalue weighted by Crippen LogP contribution is 2.35. The van der Waals surface area contributed by atoms with Gasteiger partial charge in [0.25, 0.3) is 0 Å². The summed E-state index contributed by atoms with van der Waals surface area (Å²) in [7, 11) is 1.62. The van der Waals surface area contributed by atoms with Crippen molar-refractivity contribution in [3.8, 4) is 0 Å². The number of benzene rings is 1. The molecule has 0 bridgehead atoms. The second-order valence-electron chi connectivity index (χ2n) is 3.62. The molecule has 2 nitrogen and oxygen atoms in total. The Morgan fingerprint density at radius 2 is 2.21 bits per heavy atom. The van der Waals surface area contributed by atoms with Crippen LogP contribution in [-0.4, -0.2) is 19.1 Å². The third kappa shape index (κ3) is 1.20. The zero-order chi connectivity index (χ0) is 10.2. The minimum absolute atomic E-state index is 0.240. The number of anilines is 1. The van der Waals surface area contributed by atoms with Crippen molar-refractivity contribution in [2.45, 2.75) is 18.6 Å². The molecule has 1 aliphatic rings. The highest BCUT2D eigenvalue weighted by Gasteiger charge is 2.38. The number of rotatable bonds is 1. The minimum atomic E-state index is -1.83. The topological polar surface area (TPSA) is 20.3 Å². The van der Waals surface area contributed by atoms with Crippen LogP contribution in [0.25, 0.3) is 0 Å². The van der Waals surface area contributed by atoms with Gasteiger partial charge in [0.15, 0.2) is 6.29 Å². The number of alkyl halides is 1. The molecule has 1 aliphatic heterocycles. The van der Waals surface area contributed by atoms with Gasteiger partial charge >= 0.3 is 0 Å². The molecule has 0 aliphatic carbocycles. The fourth-order valence-corrected chi connectivity index (χ4v) is 1.87. The molecule has 14 heavy (non-hydrogen) atoms. The lowest BCUT2D eigenvalue weighted by Gasteiger charge is -2.37. The van der Waals surface area contributed by atoms with E-state index >= 15 is 0 Å². The Morgan fingerprint density at radius 1 is 1.50 bits per heavy atom. The molecule has 0 aromatic heterocycles. The number of para-hydroxylation sites is 1. The van der Waals surface area contributed by atoms with E-state index < -0.39 is 5.79 Å². The lowest BCUT2D eigenvalue weighted by Crippen LogP contribution is -2.47. The van der Waals surface area contributed by atoms with Gasteiger partial charge in [-0.05, 0) is 18.1 Å². The van der Waals surface area contributed by atoms with Gasteiger partial charge in [0.05, 0.1) is 0 Å². The summed E-state index contributed by atoms with van der Waals surface area (Å²) in [4.78, 5) is 12.1. The third-order valence-corrected chi connectivity index (χ3v) is 2.84. The molecule has 0 saturated heterocycles. The normalized spacial score (nSPS) is 25.7. The summed E-state index contributed by atoms with van der Waals surface area (Å²) in [6, 6.07) is 7.59. The van der Waals surface area contributed by atoms with Gasteiger partial charge in [0, 0.05) is 19.2 Å². The van der Waals surface area contributed by atoms with Crippen molar-refractivity contribution in [1.82, 2.24) is 0 Å². The van der Waals surface area contributed by atoms with Crippen LogP contribution in [0.3, 0.4) is 0 Å². The van der Waals surface area contributed by atoms with Crippen LogP contribution < -0.4 is 4.90 Å². The molecule has 0 fully saturated rings. The zero-order valence-electron chi connectivity index (χ0n) is 8.03. The largest absolute Gasteiger partial charge is 0.336 e. The van der Waals surface area contributed by atoms with Gasteiger partial charge in [0.1, 0.15) is 0 Å². The molecule has 0 spiro atoms. The van der Waals surface area contributed by atoms with Crippen molar-refractivity contribution in [3.05, 3.63) is 29.8 Å². The first-order valence-corrected chi connectivity index (χ1v) is 4.64. The average Bonchev–Trinajstić information content (AvgIpc) is 2.24. The van der Waals surface area contributed by atoms with Crippen LogP contribution in [0, 0.1) is 0 Å². The number of hydrogen-bond acceptors (Lipinski definition) is 2. The number of aldehydes is 1. The maximum Gasteiger partial charge on any atom is 0.238 e. The number of aryl methyl sites for hydroxylation is 1. The van der Waals surface area contributed by atoms with Crippen LogP contribution in [0.5, 0.6) is 0 Å². The SMILES string of the molecule is CN1c2ccccc2CCC1(F)C=O. The molecule has 0 saturated carbocycles. The fourth-order valence-electron chi connectivity index (χ4n) is 1.87. The molecule has 0 N–H and O–H groups in total. The summed E-state index contributed by atoms with van der Waals surface area (Å²) in [5.74, 6) is -1.83. The molecule has 0 radical (unpaired) electrons. The van der Waals surface area contributed by atoms with E-state index in [-0.39, 0.29) is 6.42 Å². The smallest absolute Gasteiger partial charge is 0.238 e. The number of carbonyl (C=O) groups is 1. The highest BCUT2D eigenvalue weighted by molar-refractivity contribution is 5.72. The van der Waals surface area contributed by atoms with Gasteiger partial charge in [-0.2, -0.15) is 0 Å². The van der Waals surface area contributed by atoms with Crippen molar-refractivity contribution in [2.24, 2.45) is 0 Å². The van der Waals surface area contributed by atoms with Gasteiger partial charge in [-0.15, -0.1) is 0 Å². The second kappa shape index (κ2) is 3.08. The van der Waals surface area contributed by atoms with Crippen molar-refractivity contribution in [1.29, 1.82) is 0 Å². The van der Waals surface area contributed by atoms with Crippen LogP contribution in [0.4, 0.5) is 10.1 Å². The van der Waals surface area contributed by atoms with E-state index in [1.165, 1.54) is 4.90 Å². The number of nitrogens with zero attached hydrogens (tertiary/aromatic N) is 1. The summed E-state index contributed by atoms with van der Waals surface area (Å²) >= 11 is 0. The predicted octanol–water partition coefficient (Wildman–Crippen LogP) is 1.93. The molecule has 3 heteroatoms. The van der Waals surface area contributed by atoms with E-state index in [4.69, 9.17) is 0 Å². The summed E-state index contributed by atoms with van der Waals surface area (Å²) in [6.07, 6.45) is 1.25. The van der Waals surface area contributed by atoms with E-state index in [1.807, 2.05) is 24.3 Å². The molecule has 0 amide bonds. The summed E-state index contributed by atoms with van der Waals surface area (Å²) in [6.45, 7) is 0. The number of carbonyl (C=O) groups excluding carboxylic acids is 1. The standard InChI is InChI=1S/C11H12FNO/c1-13-10-5-3-2-4-9(10)6-7-11(13,12)8-14/h2-5,8H,6-7H2,1H3. The molecule has 74 valence electrons. The summed E-state index contributed by atoms with van der Waals surface area (Å²) in [5.41, 5.74) is 1.92. The summed E-state index contributed by atoms with van der Waals surface area (Å²) in [5, 5.41) is 0. The fraction of sp³-hybridized carbons (Fsp3) is 0.364. The van der Waals surface area contributed by atoms with Gasteiger partial charge in [-0.3, -0.25) is 4.79 Å². The van der Waals surface area contributed by atoms with Crippen molar-refractivity contribution >= 4 is 12.0 Å². The third-order valence-electron chi connectivity index (χ3n) is 2.84. The lowest BCUT2D eigenvalue weighted by molar-refractivity contribution is -0.118. The van der Waals surface area contributed by atoms with Crippen LogP contribution >= 0.6 is 0 Å². The Hall–Kier alpha value is -1.38. The minimum Gasteiger partial charge on any atom is -0.336 e. The van der Waals surface area contributed by atoms with E-state index in [0.29, 0.717) is 12.7 Å². The maximum atomic E-state index is 13.9. The Bertz CT molecular complexity index is 366. The molecular formula is C11H12FNO. The van der Waals surface area contributed by atoms with Crippen LogP contribution in [0.1, 0.15) is 12.0 Å². The Labute approximate surface area is 82.3 Å². The van der Waals surface area contributed by atoms with Crippen molar-refractivity contribution in [2.75, 3.05) is 11.9 Å². The average molecular weight is 193 g/mol. The molecule has 1 atom stereocenters. The molecule has 1 heterocycles. The number of halogens is 1.